The second-order valence-electron chi connectivity index (χ2n) is 12.8. The number of anilines is 1. The Morgan fingerprint density at radius 1 is 1.16 bits per heavy atom. The van der Waals surface area contributed by atoms with Gasteiger partial charge in [0.15, 0.2) is 11.9 Å². The number of aromatic nitrogens is 3. The molecule has 0 bridgehead atoms. The van der Waals surface area contributed by atoms with E-state index in [9.17, 15) is 24.8 Å². The van der Waals surface area contributed by atoms with Crippen LogP contribution in [0.4, 0.5) is 10.6 Å². The van der Waals surface area contributed by atoms with Gasteiger partial charge in [0.1, 0.15) is 48.4 Å². The number of carbonyl (C=O) groups is 3. The Kier molecular flexibility index (Phi) is 9.36. The van der Waals surface area contributed by atoms with E-state index in [2.05, 4.69) is 15.4 Å². The van der Waals surface area contributed by atoms with Crippen molar-refractivity contribution >= 4 is 29.4 Å². The minimum atomic E-state index is -2.13. The van der Waals surface area contributed by atoms with Gasteiger partial charge in [-0.05, 0) is 43.9 Å². The Labute approximate surface area is 260 Å². The standard InChI is InChI=1S/C31H38N6O8/c1-29(2,3)24(36-28(41)45-30(4,5)6)27(40)43-23-20(15-42-22(38)14-18-10-8-7-9-11-18)44-31(16-32,25(23)39)21-13-12-19-26(33)34-17-35-37(19)21/h7-13,17,20,23-25,39H,14-15H2,1-6H3,(H,36,41)(H2,33,34,35)/t20-,23-,24-,25-,31+/m1/s1. The van der Waals surface area contributed by atoms with Crippen molar-refractivity contribution in [3.8, 4) is 6.07 Å². The molecule has 0 saturated carbocycles. The highest BCUT2D eigenvalue weighted by Gasteiger charge is 2.60. The number of nitrogens with zero attached hydrogens (tertiary/aromatic N) is 4. The molecule has 14 heteroatoms. The molecule has 1 aliphatic heterocycles. The summed E-state index contributed by atoms with van der Waals surface area (Å²) in [6, 6.07) is 12.7. The van der Waals surface area contributed by atoms with Crippen molar-refractivity contribution < 1.29 is 38.4 Å². The molecule has 0 aliphatic carbocycles. The number of rotatable bonds is 8. The quantitative estimate of drug-likeness (QED) is 0.245. The molecule has 1 fully saturated rings. The number of fused-ring (bicyclic) bond motifs is 1. The minimum Gasteiger partial charge on any atom is -0.463 e. The van der Waals surface area contributed by atoms with E-state index in [1.807, 2.05) is 12.1 Å². The molecule has 240 valence electrons. The number of ether oxygens (including phenoxy) is 4. The van der Waals surface area contributed by atoms with Crippen molar-refractivity contribution in [1.29, 1.82) is 5.26 Å². The van der Waals surface area contributed by atoms with Crippen LogP contribution >= 0.6 is 0 Å². The summed E-state index contributed by atoms with van der Waals surface area (Å²) in [6.45, 7) is 9.68. The number of benzene rings is 1. The zero-order valence-corrected chi connectivity index (χ0v) is 26.0. The van der Waals surface area contributed by atoms with E-state index in [0.717, 1.165) is 0 Å². The van der Waals surface area contributed by atoms with Crippen molar-refractivity contribution in [2.45, 2.75) is 83.5 Å². The lowest BCUT2D eigenvalue weighted by atomic mass is 9.86. The van der Waals surface area contributed by atoms with Gasteiger partial charge in [-0.25, -0.2) is 19.1 Å². The number of hydrogen-bond acceptors (Lipinski definition) is 12. The predicted octanol–water partition coefficient (Wildman–Crippen LogP) is 2.43. The maximum atomic E-state index is 13.7. The van der Waals surface area contributed by atoms with Crippen LogP contribution in [0.3, 0.4) is 0 Å². The Hall–Kier alpha value is -4.74. The predicted molar refractivity (Wildman–Crippen MR) is 159 cm³/mol. The molecule has 1 aromatic carbocycles. The van der Waals surface area contributed by atoms with E-state index in [1.54, 1.807) is 71.9 Å². The van der Waals surface area contributed by atoms with Gasteiger partial charge < -0.3 is 35.1 Å². The fourth-order valence-electron chi connectivity index (χ4n) is 4.92. The molecule has 0 spiro atoms. The molecular formula is C31H38N6O8. The van der Waals surface area contributed by atoms with Crippen molar-refractivity contribution in [3.63, 3.8) is 0 Å². The number of aliphatic hydroxyl groups is 1. The van der Waals surface area contributed by atoms with Crippen LogP contribution in [0, 0.1) is 16.7 Å². The average molecular weight is 623 g/mol. The third-order valence-corrected chi connectivity index (χ3v) is 7.07. The summed E-state index contributed by atoms with van der Waals surface area (Å²) in [5, 5.41) is 28.8. The van der Waals surface area contributed by atoms with Gasteiger partial charge >= 0.3 is 18.0 Å². The molecule has 5 atom stereocenters. The second-order valence-corrected chi connectivity index (χ2v) is 12.8. The molecule has 0 radical (unpaired) electrons. The fraction of sp³-hybridized carbons (Fsp3) is 0.484. The zero-order valence-electron chi connectivity index (χ0n) is 26.0. The molecule has 1 amide bonds. The third-order valence-electron chi connectivity index (χ3n) is 7.07. The number of aliphatic hydroxyl groups excluding tert-OH is 1. The summed E-state index contributed by atoms with van der Waals surface area (Å²) >= 11 is 0. The third kappa shape index (κ3) is 7.33. The lowest BCUT2D eigenvalue weighted by molar-refractivity contribution is -0.164. The lowest BCUT2D eigenvalue weighted by Gasteiger charge is -2.32. The van der Waals surface area contributed by atoms with Gasteiger partial charge in [0.25, 0.3) is 0 Å². The monoisotopic (exact) mass is 622 g/mol. The Morgan fingerprint density at radius 3 is 2.47 bits per heavy atom. The van der Waals surface area contributed by atoms with Crippen LogP contribution in [0.15, 0.2) is 48.8 Å². The van der Waals surface area contributed by atoms with Crippen molar-refractivity contribution in [2.24, 2.45) is 5.41 Å². The topological polar surface area (TPSA) is 200 Å². The molecule has 3 aromatic rings. The molecule has 4 N–H and O–H groups in total. The van der Waals surface area contributed by atoms with Crippen molar-refractivity contribution in [2.75, 3.05) is 12.3 Å². The SMILES string of the molecule is CC(C)(C)OC(=O)N[C@H](C(=O)O[C@H]1[C@@H](O)[C@](C#N)(c2ccc3c(N)ncnn23)O[C@@H]1COC(=O)Cc1ccccc1)C(C)(C)C. The molecule has 45 heavy (non-hydrogen) atoms. The van der Waals surface area contributed by atoms with Crippen LogP contribution in [0.2, 0.25) is 0 Å². The number of nitrogen functional groups attached to an aromatic ring is 1. The van der Waals surface area contributed by atoms with Crippen LogP contribution in [-0.4, -0.2) is 74.3 Å². The van der Waals surface area contributed by atoms with Crippen LogP contribution in [-0.2, 0) is 40.6 Å². The Morgan fingerprint density at radius 2 is 1.84 bits per heavy atom. The van der Waals surface area contributed by atoms with Gasteiger partial charge in [-0.15, -0.1) is 0 Å². The summed E-state index contributed by atoms with van der Waals surface area (Å²) in [5.41, 5.74) is 3.28. The highest BCUT2D eigenvalue weighted by atomic mass is 16.6. The van der Waals surface area contributed by atoms with Crippen LogP contribution in [0.5, 0.6) is 0 Å². The van der Waals surface area contributed by atoms with Gasteiger partial charge in [0, 0.05) is 0 Å². The van der Waals surface area contributed by atoms with E-state index in [-0.39, 0.29) is 17.9 Å². The largest absolute Gasteiger partial charge is 0.463 e. The molecule has 0 unspecified atom stereocenters. The van der Waals surface area contributed by atoms with Gasteiger partial charge in [0.2, 0.25) is 5.60 Å². The van der Waals surface area contributed by atoms with Gasteiger partial charge in [-0.2, -0.15) is 10.4 Å². The number of nitrogens with two attached hydrogens (primary N) is 1. The smallest absolute Gasteiger partial charge is 0.408 e. The van der Waals surface area contributed by atoms with E-state index in [0.29, 0.717) is 11.1 Å². The normalized spacial score (nSPS) is 22.3. The van der Waals surface area contributed by atoms with Gasteiger partial charge in [-0.3, -0.25) is 4.79 Å². The van der Waals surface area contributed by atoms with Crippen molar-refractivity contribution in [3.05, 3.63) is 60.0 Å². The highest BCUT2D eigenvalue weighted by Crippen LogP contribution is 2.42. The van der Waals surface area contributed by atoms with Crippen LogP contribution in [0.25, 0.3) is 5.52 Å². The number of hydrogen-bond donors (Lipinski definition) is 3. The first-order chi connectivity index (χ1) is 21.1. The summed E-state index contributed by atoms with van der Waals surface area (Å²) in [5.74, 6) is -1.42. The molecule has 14 nitrogen and oxygen atoms in total. The summed E-state index contributed by atoms with van der Waals surface area (Å²) in [6.07, 6.45) is -4.32. The maximum Gasteiger partial charge on any atom is 0.408 e. The molecule has 1 aliphatic rings. The Balaban J connectivity index is 1.65. The summed E-state index contributed by atoms with van der Waals surface area (Å²) in [4.78, 5) is 43.0. The highest BCUT2D eigenvalue weighted by molar-refractivity contribution is 5.82. The van der Waals surface area contributed by atoms with Crippen LogP contribution in [0.1, 0.15) is 52.8 Å². The van der Waals surface area contributed by atoms with E-state index in [1.165, 1.54) is 16.9 Å². The molecular weight excluding hydrogens is 584 g/mol. The fourth-order valence-corrected chi connectivity index (χ4v) is 4.92. The molecule has 4 rings (SSSR count). The van der Waals surface area contributed by atoms with E-state index < -0.39 is 65.6 Å². The van der Waals surface area contributed by atoms with Gasteiger partial charge in [0.05, 0.1) is 12.1 Å². The number of esters is 2. The first-order valence-corrected chi connectivity index (χ1v) is 14.3. The number of amides is 1. The number of nitrogens with one attached hydrogen (secondary N) is 1. The molecule has 1 saturated heterocycles. The van der Waals surface area contributed by atoms with Crippen molar-refractivity contribution in [1.82, 2.24) is 19.9 Å². The maximum absolute atomic E-state index is 13.7. The Bertz CT molecular complexity index is 1590. The average Bonchev–Trinajstić information content (AvgIpc) is 3.50. The first-order valence-electron chi connectivity index (χ1n) is 14.3. The summed E-state index contributed by atoms with van der Waals surface area (Å²) < 4.78 is 24.0. The van der Waals surface area contributed by atoms with E-state index >= 15 is 0 Å². The number of nitriles is 1. The first kappa shape index (κ1) is 33.2. The van der Waals surface area contributed by atoms with E-state index in [4.69, 9.17) is 24.7 Å². The molecule has 3 heterocycles. The summed E-state index contributed by atoms with van der Waals surface area (Å²) in [7, 11) is 0. The van der Waals surface area contributed by atoms with Gasteiger partial charge in [-0.1, -0.05) is 51.1 Å². The lowest BCUT2D eigenvalue weighted by Crippen LogP contribution is -2.53. The zero-order chi connectivity index (χ0) is 33.2. The second kappa shape index (κ2) is 12.7. The molecule has 2 aromatic heterocycles. The van der Waals surface area contributed by atoms with Crippen LogP contribution < -0.4 is 11.1 Å². The number of carbonyl (C=O) groups excluding carboxylic acids is 3. The number of alkyl carbamates (subject to hydrolysis) is 1. The minimum absolute atomic E-state index is 0.0462.